The van der Waals surface area contributed by atoms with Crippen molar-refractivity contribution in [3.05, 3.63) is 61.6 Å². The number of aromatic hydroxyl groups is 1. The van der Waals surface area contributed by atoms with E-state index in [-0.39, 0.29) is 37.1 Å². The second-order valence-electron chi connectivity index (χ2n) is 5.38. The van der Waals surface area contributed by atoms with Crippen molar-refractivity contribution in [2.75, 3.05) is 4.90 Å². The molecule has 0 aliphatic carbocycles. The Hall–Kier alpha value is -2.25. The smallest absolute Gasteiger partial charge is 0.335 e. The zero-order chi connectivity index (χ0) is 19.9. The largest absolute Gasteiger partial charge is 0.506 e. The number of phenols is 1. The second-order valence-corrected chi connectivity index (χ2v) is 7.04. The average Bonchev–Trinajstić information content (AvgIpc) is 2.58. The van der Waals surface area contributed by atoms with Crippen molar-refractivity contribution >= 4 is 76.0 Å². The maximum absolute atomic E-state index is 12.8. The number of nitrogens with one attached hydrogen (secondary N) is 1. The van der Waals surface area contributed by atoms with Gasteiger partial charge in [-0.1, -0.05) is 46.4 Å². The van der Waals surface area contributed by atoms with Crippen LogP contribution in [0.3, 0.4) is 0 Å². The van der Waals surface area contributed by atoms with Crippen LogP contribution in [0.15, 0.2) is 35.9 Å². The highest BCUT2D eigenvalue weighted by Gasteiger charge is 2.37. The first kappa shape index (κ1) is 19.5. The molecule has 0 saturated carbocycles. The lowest BCUT2D eigenvalue weighted by Gasteiger charge is -2.26. The van der Waals surface area contributed by atoms with Crippen LogP contribution in [0, 0.1) is 0 Å². The average molecular weight is 446 g/mol. The van der Waals surface area contributed by atoms with Crippen molar-refractivity contribution in [2.45, 2.75) is 0 Å². The van der Waals surface area contributed by atoms with Crippen LogP contribution in [-0.4, -0.2) is 23.0 Å². The maximum Gasteiger partial charge on any atom is 0.335 e. The minimum Gasteiger partial charge on any atom is -0.506 e. The molecule has 0 unspecified atom stereocenters. The zero-order valence-electron chi connectivity index (χ0n) is 13.1. The fraction of sp³-hybridized carbons (Fsp3) is 0. The number of amides is 4. The van der Waals surface area contributed by atoms with Crippen molar-refractivity contribution in [1.82, 2.24) is 5.32 Å². The number of carbonyl (C=O) groups is 3. The number of benzene rings is 2. The van der Waals surface area contributed by atoms with Gasteiger partial charge in [0.25, 0.3) is 11.8 Å². The molecular weight excluding hydrogens is 438 g/mol. The number of hydrogen-bond donors (Lipinski definition) is 2. The molecule has 1 fully saturated rings. The van der Waals surface area contributed by atoms with Crippen LogP contribution in [0.4, 0.5) is 10.5 Å². The molecule has 0 atom stereocenters. The number of carbonyl (C=O) groups excluding carboxylic acids is 3. The Balaban J connectivity index is 2.09. The highest BCUT2D eigenvalue weighted by atomic mass is 35.5. The predicted molar refractivity (Wildman–Crippen MR) is 104 cm³/mol. The van der Waals surface area contributed by atoms with E-state index in [4.69, 9.17) is 46.4 Å². The predicted octanol–water partition coefficient (Wildman–Crippen LogP) is 4.67. The van der Waals surface area contributed by atoms with Crippen LogP contribution in [0.25, 0.3) is 6.08 Å². The molecule has 27 heavy (non-hydrogen) atoms. The summed E-state index contributed by atoms with van der Waals surface area (Å²) < 4.78 is 0. The van der Waals surface area contributed by atoms with E-state index >= 15 is 0 Å². The topological polar surface area (TPSA) is 86.7 Å². The molecule has 10 heteroatoms. The maximum atomic E-state index is 12.8. The molecule has 0 bridgehead atoms. The summed E-state index contributed by atoms with van der Waals surface area (Å²) in [5.41, 5.74) is -0.262. The number of hydrogen-bond acceptors (Lipinski definition) is 4. The number of imide groups is 2. The molecule has 1 aliphatic rings. The number of halogens is 4. The third-order valence-electron chi connectivity index (χ3n) is 3.62. The lowest BCUT2D eigenvalue weighted by Crippen LogP contribution is -2.54. The van der Waals surface area contributed by atoms with Gasteiger partial charge in [-0.2, -0.15) is 0 Å². The zero-order valence-corrected chi connectivity index (χ0v) is 16.1. The number of nitrogens with zero attached hydrogens (tertiary/aromatic N) is 1. The number of phenolic OH excluding ortho intramolecular Hbond substituents is 1. The number of rotatable bonds is 2. The minimum absolute atomic E-state index is 0.0365. The number of urea groups is 1. The molecule has 0 radical (unpaired) electrons. The molecule has 0 aromatic heterocycles. The molecule has 4 amide bonds. The Bertz CT molecular complexity index is 1040. The van der Waals surface area contributed by atoms with Crippen molar-refractivity contribution < 1.29 is 19.5 Å². The highest BCUT2D eigenvalue weighted by molar-refractivity contribution is 6.43. The van der Waals surface area contributed by atoms with Crippen LogP contribution in [-0.2, 0) is 9.59 Å². The lowest BCUT2D eigenvalue weighted by molar-refractivity contribution is -0.122. The summed E-state index contributed by atoms with van der Waals surface area (Å²) >= 11 is 23.5. The molecular formula is C17H8Cl4N2O4. The van der Waals surface area contributed by atoms with E-state index in [1.54, 1.807) is 0 Å². The van der Waals surface area contributed by atoms with Gasteiger partial charge in [-0.25, -0.2) is 9.69 Å². The van der Waals surface area contributed by atoms with Crippen molar-refractivity contribution in [3.8, 4) is 5.75 Å². The fourth-order valence-electron chi connectivity index (χ4n) is 2.37. The quantitative estimate of drug-likeness (QED) is 0.519. The van der Waals surface area contributed by atoms with Gasteiger partial charge in [-0.15, -0.1) is 0 Å². The van der Waals surface area contributed by atoms with Gasteiger partial charge >= 0.3 is 6.03 Å². The molecule has 2 aromatic carbocycles. The molecule has 1 saturated heterocycles. The minimum atomic E-state index is -0.950. The second kappa shape index (κ2) is 7.40. The number of barbiturate groups is 1. The monoisotopic (exact) mass is 444 g/mol. The SMILES string of the molecule is O=C1NC(=O)N(c2ccc(Cl)c(Cl)c2)C(=O)/C1=C/c1cc(Cl)cc(Cl)c1O. The van der Waals surface area contributed by atoms with Crippen LogP contribution >= 0.6 is 46.4 Å². The van der Waals surface area contributed by atoms with Gasteiger partial charge in [0, 0.05) is 10.6 Å². The van der Waals surface area contributed by atoms with Crippen LogP contribution in [0.2, 0.25) is 20.1 Å². The van der Waals surface area contributed by atoms with Gasteiger partial charge in [0.2, 0.25) is 0 Å². The first-order valence-electron chi connectivity index (χ1n) is 7.23. The molecule has 1 heterocycles. The summed E-state index contributed by atoms with van der Waals surface area (Å²) in [6.07, 6.45) is 1.09. The highest BCUT2D eigenvalue weighted by Crippen LogP contribution is 2.34. The van der Waals surface area contributed by atoms with Crippen LogP contribution in [0.5, 0.6) is 5.75 Å². The Morgan fingerprint density at radius 1 is 0.926 bits per heavy atom. The van der Waals surface area contributed by atoms with Crippen LogP contribution < -0.4 is 10.2 Å². The summed E-state index contributed by atoms with van der Waals surface area (Å²) in [5, 5.41) is 12.6. The van der Waals surface area contributed by atoms with E-state index in [1.807, 2.05) is 5.32 Å². The van der Waals surface area contributed by atoms with E-state index in [9.17, 15) is 19.5 Å². The Kier molecular flexibility index (Phi) is 5.35. The van der Waals surface area contributed by atoms with Crippen LogP contribution in [0.1, 0.15) is 5.56 Å². The number of anilines is 1. The van der Waals surface area contributed by atoms with E-state index in [2.05, 4.69) is 0 Å². The summed E-state index contributed by atoms with van der Waals surface area (Å²) in [7, 11) is 0. The Morgan fingerprint density at radius 3 is 2.30 bits per heavy atom. The molecule has 2 aromatic rings. The Labute approximate surface area is 172 Å². The summed E-state index contributed by atoms with van der Waals surface area (Å²) in [5.74, 6) is -2.22. The normalized spacial score (nSPS) is 16.1. The van der Waals surface area contributed by atoms with Gasteiger partial charge in [0.05, 0.1) is 20.8 Å². The molecule has 0 spiro atoms. The molecule has 2 N–H and O–H groups in total. The van der Waals surface area contributed by atoms with Gasteiger partial charge in [0.1, 0.15) is 11.3 Å². The van der Waals surface area contributed by atoms with Gasteiger partial charge in [-0.05, 0) is 36.4 Å². The third kappa shape index (κ3) is 3.75. The van der Waals surface area contributed by atoms with Crippen molar-refractivity contribution in [1.29, 1.82) is 0 Å². The molecule has 138 valence electrons. The van der Waals surface area contributed by atoms with Crippen molar-refractivity contribution in [2.24, 2.45) is 0 Å². The van der Waals surface area contributed by atoms with Gasteiger partial charge in [0.15, 0.2) is 0 Å². The van der Waals surface area contributed by atoms with E-state index in [0.717, 1.165) is 11.0 Å². The lowest BCUT2D eigenvalue weighted by atomic mass is 10.1. The fourth-order valence-corrected chi connectivity index (χ4v) is 3.17. The first-order chi connectivity index (χ1) is 12.7. The molecule has 6 nitrogen and oxygen atoms in total. The van der Waals surface area contributed by atoms with E-state index < -0.39 is 23.4 Å². The first-order valence-corrected chi connectivity index (χ1v) is 8.74. The molecule has 3 rings (SSSR count). The van der Waals surface area contributed by atoms with Crippen molar-refractivity contribution in [3.63, 3.8) is 0 Å². The summed E-state index contributed by atoms with van der Waals surface area (Å²) in [6, 6.07) is 5.77. The summed E-state index contributed by atoms with van der Waals surface area (Å²) in [6.45, 7) is 0. The molecule has 1 aliphatic heterocycles. The van der Waals surface area contributed by atoms with E-state index in [1.165, 1.54) is 30.3 Å². The van der Waals surface area contributed by atoms with Gasteiger partial charge in [-0.3, -0.25) is 14.9 Å². The van der Waals surface area contributed by atoms with E-state index in [0.29, 0.717) is 0 Å². The summed E-state index contributed by atoms with van der Waals surface area (Å²) in [4.78, 5) is 37.8. The standard InChI is InChI=1S/C17H8Cl4N2O4/c18-8-3-7(14(24)13(21)5-8)4-10-15(25)22-17(27)23(16(10)26)9-1-2-11(19)12(20)6-9/h1-6,24H,(H,22,25,27)/b10-4+. The van der Waals surface area contributed by atoms with Gasteiger partial charge < -0.3 is 5.11 Å². The Morgan fingerprint density at radius 2 is 1.63 bits per heavy atom. The third-order valence-corrected chi connectivity index (χ3v) is 4.87.